The SMILES string of the molecule is CC(C#N)CNS(=O)(=O)NC(C)C. The quantitative estimate of drug-likeness (QED) is 0.661. The van der Waals surface area contributed by atoms with Gasteiger partial charge >= 0.3 is 0 Å². The van der Waals surface area contributed by atoms with Crippen molar-refractivity contribution in [1.29, 1.82) is 5.26 Å². The lowest BCUT2D eigenvalue weighted by atomic mass is 10.2. The van der Waals surface area contributed by atoms with Crippen molar-refractivity contribution in [2.45, 2.75) is 26.8 Å². The minimum absolute atomic E-state index is 0.137. The topological polar surface area (TPSA) is 82.0 Å². The number of nitrogens with one attached hydrogen (secondary N) is 2. The van der Waals surface area contributed by atoms with Crippen molar-refractivity contribution in [3.63, 3.8) is 0 Å². The molecule has 0 aromatic rings. The van der Waals surface area contributed by atoms with Crippen molar-refractivity contribution in [2.24, 2.45) is 5.92 Å². The standard InChI is InChI=1S/C7H15N3O2S/c1-6(2)10-13(11,12)9-5-7(3)4-8/h6-7,9-10H,5H2,1-3H3. The zero-order valence-corrected chi connectivity index (χ0v) is 8.85. The smallest absolute Gasteiger partial charge is 0.201 e. The summed E-state index contributed by atoms with van der Waals surface area (Å²) in [7, 11) is -3.44. The summed E-state index contributed by atoms with van der Waals surface area (Å²) in [6.45, 7) is 5.25. The van der Waals surface area contributed by atoms with E-state index in [1.54, 1.807) is 20.8 Å². The monoisotopic (exact) mass is 205 g/mol. The predicted molar refractivity (Wildman–Crippen MR) is 50.0 cm³/mol. The maximum absolute atomic E-state index is 11.1. The Morgan fingerprint density at radius 3 is 2.31 bits per heavy atom. The molecular weight excluding hydrogens is 190 g/mol. The Morgan fingerprint density at radius 2 is 1.92 bits per heavy atom. The molecule has 0 radical (unpaired) electrons. The molecule has 0 aromatic heterocycles. The fourth-order valence-corrected chi connectivity index (χ4v) is 1.81. The number of hydrogen-bond acceptors (Lipinski definition) is 3. The van der Waals surface area contributed by atoms with Crippen LogP contribution in [0.25, 0.3) is 0 Å². The molecule has 0 saturated carbocycles. The maximum atomic E-state index is 11.1. The molecule has 2 N–H and O–H groups in total. The van der Waals surface area contributed by atoms with Gasteiger partial charge < -0.3 is 0 Å². The van der Waals surface area contributed by atoms with E-state index in [2.05, 4.69) is 9.44 Å². The number of nitrogens with zero attached hydrogens (tertiary/aromatic N) is 1. The van der Waals surface area contributed by atoms with Crippen LogP contribution < -0.4 is 9.44 Å². The zero-order valence-electron chi connectivity index (χ0n) is 8.03. The third-order valence-electron chi connectivity index (χ3n) is 1.19. The molecule has 13 heavy (non-hydrogen) atoms. The molecule has 76 valence electrons. The second-order valence-electron chi connectivity index (χ2n) is 3.15. The van der Waals surface area contributed by atoms with Crippen LogP contribution in [0.5, 0.6) is 0 Å². The molecule has 0 saturated heterocycles. The van der Waals surface area contributed by atoms with Gasteiger partial charge in [0.15, 0.2) is 0 Å². The van der Waals surface area contributed by atoms with Gasteiger partial charge in [0.2, 0.25) is 0 Å². The van der Waals surface area contributed by atoms with Gasteiger partial charge in [0.05, 0.1) is 12.0 Å². The van der Waals surface area contributed by atoms with Gasteiger partial charge in [-0.25, -0.2) is 4.72 Å². The first-order valence-electron chi connectivity index (χ1n) is 4.04. The van der Waals surface area contributed by atoms with E-state index in [0.717, 1.165) is 0 Å². The summed E-state index contributed by atoms with van der Waals surface area (Å²) in [4.78, 5) is 0. The molecule has 5 nitrogen and oxygen atoms in total. The van der Waals surface area contributed by atoms with Crippen LogP contribution in [-0.2, 0) is 10.2 Å². The number of hydrogen-bond donors (Lipinski definition) is 2. The van der Waals surface area contributed by atoms with Gasteiger partial charge in [-0.1, -0.05) is 0 Å². The van der Waals surface area contributed by atoms with Crippen molar-refractivity contribution in [2.75, 3.05) is 6.54 Å². The molecule has 0 spiro atoms. The molecule has 0 aromatic carbocycles. The van der Waals surface area contributed by atoms with Crippen LogP contribution in [0.4, 0.5) is 0 Å². The Hall–Kier alpha value is -0.640. The van der Waals surface area contributed by atoms with E-state index in [1.165, 1.54) is 0 Å². The molecule has 0 rings (SSSR count). The molecule has 0 aliphatic carbocycles. The number of nitriles is 1. The largest absolute Gasteiger partial charge is 0.277 e. The molecule has 0 heterocycles. The normalized spacial score (nSPS) is 14.1. The van der Waals surface area contributed by atoms with Crippen molar-refractivity contribution in [3.05, 3.63) is 0 Å². The van der Waals surface area contributed by atoms with Crippen LogP contribution in [0.2, 0.25) is 0 Å². The van der Waals surface area contributed by atoms with Crippen LogP contribution in [0.1, 0.15) is 20.8 Å². The Balaban J connectivity index is 3.99. The zero-order chi connectivity index (χ0) is 10.5. The average Bonchev–Trinajstić information content (AvgIpc) is 1.98. The third kappa shape index (κ3) is 6.51. The highest BCUT2D eigenvalue weighted by Gasteiger charge is 2.11. The van der Waals surface area contributed by atoms with E-state index < -0.39 is 10.2 Å². The molecule has 6 heteroatoms. The minimum atomic E-state index is -3.44. The van der Waals surface area contributed by atoms with Crippen molar-refractivity contribution >= 4 is 10.2 Å². The van der Waals surface area contributed by atoms with Gasteiger partial charge in [-0.2, -0.15) is 18.4 Å². The van der Waals surface area contributed by atoms with Crippen molar-refractivity contribution in [1.82, 2.24) is 9.44 Å². The third-order valence-corrected chi connectivity index (χ3v) is 2.52. The second-order valence-corrected chi connectivity index (χ2v) is 4.69. The molecule has 0 fully saturated rings. The van der Waals surface area contributed by atoms with Gasteiger partial charge in [-0.3, -0.25) is 0 Å². The number of rotatable bonds is 5. The van der Waals surface area contributed by atoms with Gasteiger partial charge in [0.25, 0.3) is 10.2 Å². The Morgan fingerprint density at radius 1 is 1.38 bits per heavy atom. The van der Waals surface area contributed by atoms with Gasteiger partial charge in [-0.15, -0.1) is 0 Å². The van der Waals surface area contributed by atoms with E-state index in [1.807, 2.05) is 6.07 Å². The van der Waals surface area contributed by atoms with E-state index in [0.29, 0.717) is 0 Å². The maximum Gasteiger partial charge on any atom is 0.277 e. The van der Waals surface area contributed by atoms with Gasteiger partial charge in [-0.05, 0) is 20.8 Å². The van der Waals surface area contributed by atoms with Gasteiger partial charge in [0, 0.05) is 12.6 Å². The highest BCUT2D eigenvalue weighted by molar-refractivity contribution is 7.87. The first-order chi connectivity index (χ1) is 5.87. The lowest BCUT2D eigenvalue weighted by Crippen LogP contribution is -2.41. The Bertz CT molecular complexity index is 279. The predicted octanol–water partition coefficient (Wildman–Crippen LogP) is -0.0215. The van der Waals surface area contributed by atoms with Crippen LogP contribution in [0, 0.1) is 17.2 Å². The molecule has 1 atom stereocenters. The fraction of sp³-hybridized carbons (Fsp3) is 0.857. The van der Waals surface area contributed by atoms with E-state index in [4.69, 9.17) is 5.26 Å². The molecule has 0 amide bonds. The molecular formula is C7H15N3O2S. The summed E-state index contributed by atoms with van der Waals surface area (Å²) in [6.07, 6.45) is 0. The highest BCUT2D eigenvalue weighted by atomic mass is 32.2. The van der Waals surface area contributed by atoms with Gasteiger partial charge in [0.1, 0.15) is 0 Å². The second kappa shape index (κ2) is 5.17. The average molecular weight is 205 g/mol. The molecule has 0 aliphatic heterocycles. The molecule has 1 unspecified atom stereocenters. The van der Waals surface area contributed by atoms with Crippen LogP contribution in [0.3, 0.4) is 0 Å². The van der Waals surface area contributed by atoms with E-state index >= 15 is 0 Å². The van der Waals surface area contributed by atoms with Crippen LogP contribution in [0.15, 0.2) is 0 Å². The highest BCUT2D eigenvalue weighted by Crippen LogP contribution is 1.90. The van der Waals surface area contributed by atoms with Crippen LogP contribution >= 0.6 is 0 Å². The lowest BCUT2D eigenvalue weighted by molar-refractivity contribution is 0.547. The first kappa shape index (κ1) is 12.4. The van der Waals surface area contributed by atoms with Crippen LogP contribution in [-0.4, -0.2) is 21.0 Å². The van der Waals surface area contributed by atoms with E-state index in [-0.39, 0.29) is 18.5 Å². The fourth-order valence-electron chi connectivity index (χ4n) is 0.632. The summed E-state index contributed by atoms with van der Waals surface area (Å²) in [5.41, 5.74) is 0. The lowest BCUT2D eigenvalue weighted by Gasteiger charge is -2.10. The van der Waals surface area contributed by atoms with E-state index in [9.17, 15) is 8.42 Å². The minimum Gasteiger partial charge on any atom is -0.201 e. The van der Waals surface area contributed by atoms with Crippen molar-refractivity contribution in [3.8, 4) is 6.07 Å². The summed E-state index contributed by atoms with van der Waals surface area (Å²) in [6, 6.07) is 1.79. The Labute approximate surface area is 79.3 Å². The molecule has 0 aliphatic rings. The first-order valence-corrected chi connectivity index (χ1v) is 5.52. The van der Waals surface area contributed by atoms with Crippen molar-refractivity contribution < 1.29 is 8.42 Å². The summed E-state index contributed by atoms with van der Waals surface area (Å²) < 4.78 is 26.9. The Kier molecular flexibility index (Phi) is 4.91. The summed E-state index contributed by atoms with van der Waals surface area (Å²) in [5, 5.41) is 8.41. The summed E-state index contributed by atoms with van der Waals surface area (Å²) in [5.74, 6) is -0.316. The molecule has 0 bridgehead atoms. The summed E-state index contributed by atoms with van der Waals surface area (Å²) >= 11 is 0.